The van der Waals surface area contributed by atoms with E-state index in [1.807, 2.05) is 13.0 Å². The Hall–Kier alpha value is -0.610. The van der Waals surface area contributed by atoms with Crippen LogP contribution in [0.4, 0.5) is 4.39 Å². The second kappa shape index (κ2) is 6.90. The molecule has 0 radical (unpaired) electrons. The summed E-state index contributed by atoms with van der Waals surface area (Å²) in [6.07, 6.45) is 0.986. The van der Waals surface area contributed by atoms with E-state index >= 15 is 0 Å². The predicted molar refractivity (Wildman–Crippen MR) is 85.6 cm³/mol. The molecule has 0 bridgehead atoms. The zero-order valence-corrected chi connectivity index (χ0v) is 13.7. The van der Waals surface area contributed by atoms with Gasteiger partial charge in [0, 0.05) is 5.56 Å². The molecule has 1 aromatic heterocycles. The summed E-state index contributed by atoms with van der Waals surface area (Å²) < 4.78 is 14.9. The van der Waals surface area contributed by atoms with E-state index in [0.717, 1.165) is 29.7 Å². The van der Waals surface area contributed by atoms with Crippen LogP contribution in [-0.4, -0.2) is 6.54 Å². The maximum Gasteiger partial charge on any atom is 0.123 e. The molecule has 0 saturated heterocycles. The number of benzene rings is 1. The summed E-state index contributed by atoms with van der Waals surface area (Å²) in [5.74, 6) is -0.244. The van der Waals surface area contributed by atoms with Gasteiger partial charge in [-0.2, -0.15) is 0 Å². The minimum absolute atomic E-state index is 0.137. The molecule has 1 heterocycles. The molecule has 1 nitrogen and oxygen atoms in total. The van der Waals surface area contributed by atoms with Gasteiger partial charge in [-0.05, 0) is 49.2 Å². The third-order valence-corrected chi connectivity index (χ3v) is 4.66. The molecule has 108 valence electrons. The highest BCUT2D eigenvalue weighted by Crippen LogP contribution is 2.38. The number of nitrogens with one attached hydrogen (secondary N) is 1. The lowest BCUT2D eigenvalue weighted by Crippen LogP contribution is -2.24. The van der Waals surface area contributed by atoms with Gasteiger partial charge >= 0.3 is 0 Å². The fraction of sp³-hybridized carbons (Fsp3) is 0.333. The third-order valence-electron chi connectivity index (χ3n) is 3.14. The normalized spacial score (nSPS) is 12.7. The van der Waals surface area contributed by atoms with Crippen molar-refractivity contribution >= 4 is 34.5 Å². The van der Waals surface area contributed by atoms with Gasteiger partial charge < -0.3 is 5.32 Å². The minimum Gasteiger partial charge on any atom is -0.306 e. The highest BCUT2D eigenvalue weighted by molar-refractivity contribution is 7.20. The van der Waals surface area contributed by atoms with Crippen LogP contribution in [0.5, 0.6) is 0 Å². The number of thiophene rings is 1. The lowest BCUT2D eigenvalue weighted by molar-refractivity contribution is 0.584. The highest BCUT2D eigenvalue weighted by Gasteiger charge is 2.21. The number of aryl methyl sites for hydroxylation is 1. The molecule has 1 atom stereocenters. The molecule has 0 spiro atoms. The largest absolute Gasteiger partial charge is 0.306 e. The van der Waals surface area contributed by atoms with Gasteiger partial charge in [0.25, 0.3) is 0 Å². The van der Waals surface area contributed by atoms with Gasteiger partial charge in [-0.1, -0.05) is 36.2 Å². The first kappa shape index (κ1) is 15.8. The van der Waals surface area contributed by atoms with Crippen molar-refractivity contribution in [1.82, 2.24) is 5.32 Å². The first-order valence-electron chi connectivity index (χ1n) is 6.47. The van der Waals surface area contributed by atoms with E-state index in [4.69, 9.17) is 23.2 Å². The molecule has 1 unspecified atom stereocenters. The maximum absolute atomic E-state index is 13.6. The van der Waals surface area contributed by atoms with E-state index in [9.17, 15) is 4.39 Å². The predicted octanol–water partition coefficient (Wildman–Crippen LogP) is 5.59. The van der Waals surface area contributed by atoms with Crippen molar-refractivity contribution in [2.45, 2.75) is 26.3 Å². The summed E-state index contributed by atoms with van der Waals surface area (Å²) in [6, 6.07) is 6.53. The van der Waals surface area contributed by atoms with Crippen molar-refractivity contribution in [2.24, 2.45) is 0 Å². The molecule has 0 saturated carbocycles. The van der Waals surface area contributed by atoms with E-state index in [1.54, 1.807) is 12.1 Å². The van der Waals surface area contributed by atoms with Gasteiger partial charge in [0.2, 0.25) is 0 Å². The van der Waals surface area contributed by atoms with Crippen molar-refractivity contribution in [3.63, 3.8) is 0 Å². The highest BCUT2D eigenvalue weighted by atomic mass is 35.5. The lowest BCUT2D eigenvalue weighted by Gasteiger charge is -2.21. The second-order valence-corrected chi connectivity index (χ2v) is 6.95. The Labute approximate surface area is 132 Å². The second-order valence-electron chi connectivity index (χ2n) is 4.67. The van der Waals surface area contributed by atoms with Gasteiger partial charge in [-0.15, -0.1) is 11.3 Å². The van der Waals surface area contributed by atoms with E-state index in [2.05, 4.69) is 12.2 Å². The molecule has 1 N–H and O–H groups in total. The van der Waals surface area contributed by atoms with E-state index in [0.29, 0.717) is 8.67 Å². The summed E-state index contributed by atoms with van der Waals surface area (Å²) in [6.45, 7) is 4.88. The molecule has 0 aliphatic carbocycles. The van der Waals surface area contributed by atoms with Gasteiger partial charge in [0.05, 0.1) is 14.7 Å². The van der Waals surface area contributed by atoms with Crippen LogP contribution in [0, 0.1) is 12.7 Å². The molecule has 20 heavy (non-hydrogen) atoms. The molecule has 0 fully saturated rings. The van der Waals surface area contributed by atoms with E-state index < -0.39 is 0 Å². The lowest BCUT2D eigenvalue weighted by atomic mass is 9.96. The van der Waals surface area contributed by atoms with Crippen LogP contribution < -0.4 is 5.32 Å². The molecule has 1 aromatic carbocycles. The molecule has 0 aliphatic heterocycles. The summed E-state index contributed by atoms with van der Waals surface area (Å²) in [7, 11) is 0. The molecular weight excluding hydrogens is 316 g/mol. The van der Waals surface area contributed by atoms with Crippen LogP contribution in [-0.2, 0) is 0 Å². The quantitative estimate of drug-likeness (QED) is 0.752. The van der Waals surface area contributed by atoms with Crippen LogP contribution in [0.1, 0.15) is 36.1 Å². The van der Waals surface area contributed by atoms with Crippen molar-refractivity contribution in [3.8, 4) is 0 Å². The Morgan fingerprint density at radius 3 is 2.60 bits per heavy atom. The number of hydrogen-bond acceptors (Lipinski definition) is 2. The van der Waals surface area contributed by atoms with E-state index in [1.165, 1.54) is 17.4 Å². The smallest absolute Gasteiger partial charge is 0.123 e. The first-order valence-corrected chi connectivity index (χ1v) is 8.04. The van der Waals surface area contributed by atoms with Crippen LogP contribution in [0.3, 0.4) is 0 Å². The fourth-order valence-corrected chi connectivity index (χ4v) is 3.68. The molecule has 5 heteroatoms. The molecule has 2 aromatic rings. The van der Waals surface area contributed by atoms with Crippen molar-refractivity contribution in [3.05, 3.63) is 55.4 Å². The minimum atomic E-state index is -0.244. The third kappa shape index (κ3) is 3.53. The van der Waals surface area contributed by atoms with Gasteiger partial charge in [0.1, 0.15) is 5.82 Å². The monoisotopic (exact) mass is 331 g/mol. The van der Waals surface area contributed by atoms with Crippen molar-refractivity contribution in [1.29, 1.82) is 0 Å². The summed E-state index contributed by atoms with van der Waals surface area (Å²) in [5, 5.41) is 3.42. The number of rotatable bonds is 5. The Morgan fingerprint density at radius 1 is 1.25 bits per heavy atom. The topological polar surface area (TPSA) is 12.0 Å². The first-order chi connectivity index (χ1) is 9.52. The molecule has 2 rings (SSSR count). The molecular formula is C15H16Cl2FNS. The number of hydrogen-bond donors (Lipinski definition) is 1. The number of halogens is 3. The molecule has 0 amide bonds. The zero-order valence-electron chi connectivity index (χ0n) is 11.3. The summed E-state index contributed by atoms with van der Waals surface area (Å²) in [5.41, 5.74) is 2.83. The van der Waals surface area contributed by atoms with Gasteiger partial charge in [-0.3, -0.25) is 0 Å². The molecule has 0 aliphatic rings. The Kier molecular flexibility index (Phi) is 5.44. The van der Waals surface area contributed by atoms with Crippen LogP contribution >= 0.6 is 34.5 Å². The summed E-state index contributed by atoms with van der Waals surface area (Å²) >= 11 is 13.6. The average molecular weight is 332 g/mol. The maximum atomic E-state index is 13.6. The van der Waals surface area contributed by atoms with Crippen LogP contribution in [0.25, 0.3) is 0 Å². The van der Waals surface area contributed by atoms with Gasteiger partial charge in [0.15, 0.2) is 0 Å². The van der Waals surface area contributed by atoms with Crippen molar-refractivity contribution in [2.75, 3.05) is 6.54 Å². The van der Waals surface area contributed by atoms with E-state index in [-0.39, 0.29) is 11.9 Å². The standard InChI is InChI=1S/C15H16Cl2FNS/c1-3-6-19-14(12-8-13(16)20-15(12)17)11-7-10(18)5-4-9(11)2/h4-5,7-8,14,19H,3,6H2,1-2H3. The summed E-state index contributed by atoms with van der Waals surface area (Å²) in [4.78, 5) is 0. The SMILES string of the molecule is CCCNC(c1cc(F)ccc1C)c1cc(Cl)sc1Cl. The Morgan fingerprint density at radius 2 is 2.00 bits per heavy atom. The van der Waals surface area contributed by atoms with Crippen LogP contribution in [0.2, 0.25) is 8.67 Å². The average Bonchev–Trinajstić information content (AvgIpc) is 2.73. The van der Waals surface area contributed by atoms with Crippen LogP contribution in [0.15, 0.2) is 24.3 Å². The Balaban J connectivity index is 2.46. The Bertz CT molecular complexity index is 598. The zero-order chi connectivity index (χ0) is 14.7. The van der Waals surface area contributed by atoms with Gasteiger partial charge in [-0.25, -0.2) is 4.39 Å². The van der Waals surface area contributed by atoms with Crippen molar-refractivity contribution < 1.29 is 4.39 Å². The fourth-order valence-electron chi connectivity index (χ4n) is 2.15.